The van der Waals surface area contributed by atoms with Crippen LogP contribution < -0.4 is 26.6 Å². The van der Waals surface area contributed by atoms with Crippen molar-refractivity contribution < 1.29 is 63.0 Å². The smallest absolute Gasteiger partial charge is 0.267 e. The van der Waals surface area contributed by atoms with Crippen LogP contribution >= 0.6 is 0 Å². The van der Waals surface area contributed by atoms with Gasteiger partial charge in [-0.1, -0.05) is 45.1 Å². The number of phenols is 1. The predicted octanol–water partition coefficient (Wildman–Crippen LogP) is 0.961. The molecule has 334 valence electrons. The SMILES string of the molecule is CCc1cc2c(cc1O)N(C)/C(=C/C=C/C=C/C1=[N+](C)c3ccc(CNC(=O)C(CS(=O)(=O)O)NC(=O)C(CS(=O)(=O)O)NC(=O)C(N)CS(=O)(=O)O)cc3C1(C)C)C2(C)C. The van der Waals surface area contributed by atoms with Gasteiger partial charge in [-0.25, -0.2) is 0 Å². The number of benzene rings is 2. The summed E-state index contributed by atoms with van der Waals surface area (Å²) in [6.45, 7) is 10.1. The minimum Gasteiger partial charge on any atom is -0.508 e. The van der Waals surface area contributed by atoms with E-state index in [0.717, 1.165) is 45.9 Å². The molecule has 19 nitrogen and oxygen atoms in total. The molecule has 2 heterocycles. The highest BCUT2D eigenvalue weighted by atomic mass is 32.2. The highest BCUT2D eigenvalue weighted by Crippen LogP contribution is 2.49. The molecule has 9 N–H and O–H groups in total. The van der Waals surface area contributed by atoms with Crippen molar-refractivity contribution in [2.45, 2.75) is 76.5 Å². The van der Waals surface area contributed by atoms with E-state index in [9.17, 15) is 53.8 Å². The lowest BCUT2D eigenvalue weighted by atomic mass is 9.81. The molecular formula is C39H53N6O13S3+. The zero-order chi connectivity index (χ0) is 46.0. The number of hydrogen-bond acceptors (Lipinski definition) is 12. The summed E-state index contributed by atoms with van der Waals surface area (Å²) < 4.78 is 99.1. The fraction of sp³-hybridized carbons (Fsp3) is 0.436. The van der Waals surface area contributed by atoms with Crippen LogP contribution in [0.4, 0.5) is 11.4 Å². The zero-order valence-electron chi connectivity index (χ0n) is 34.7. The standard InChI is InChI=1S/C39H52N6O13S3/c1-8-24-17-26-31(18-32(24)46)45(7)34(39(26,4)5)13-11-9-10-12-33-38(2,3)25-16-23(14-15-30(25)44(33)6)19-41-36(48)28(21-60(53,54)55)43-37(49)29(22-61(56,57)58)42-35(47)27(40)20-59(50,51)52/h9-18,27-29H,8,19-22,40H2,1-7H3,(H6-,41,42,43,46,47,48,49,50,51,52,53,54,55,56,57,58)/p+1. The Balaban J connectivity index is 1.47. The molecule has 2 aromatic carbocycles. The molecular weight excluding hydrogens is 857 g/mol. The van der Waals surface area contributed by atoms with E-state index in [0.29, 0.717) is 5.56 Å². The zero-order valence-corrected chi connectivity index (χ0v) is 37.2. The third-order valence-corrected chi connectivity index (χ3v) is 12.9. The maximum atomic E-state index is 13.3. The Bertz CT molecular complexity index is 2560. The average molecular weight is 910 g/mol. The fourth-order valence-electron chi connectivity index (χ4n) is 7.49. The number of amides is 3. The van der Waals surface area contributed by atoms with E-state index in [1.807, 2.05) is 93.3 Å². The minimum atomic E-state index is -5.04. The summed E-state index contributed by atoms with van der Waals surface area (Å²) in [5.41, 5.74) is 11.9. The number of aryl methyl sites for hydroxylation is 1. The molecule has 0 aromatic heterocycles. The Morgan fingerprint density at radius 2 is 1.38 bits per heavy atom. The van der Waals surface area contributed by atoms with Gasteiger partial charge in [0, 0.05) is 54.2 Å². The third kappa shape index (κ3) is 11.9. The Hall–Kier alpha value is -4.97. The van der Waals surface area contributed by atoms with E-state index in [-0.39, 0.29) is 17.7 Å². The van der Waals surface area contributed by atoms with Gasteiger partial charge in [-0.2, -0.15) is 29.8 Å². The van der Waals surface area contributed by atoms with E-state index in [2.05, 4.69) is 30.1 Å². The number of nitrogens with zero attached hydrogens (tertiary/aromatic N) is 2. The first kappa shape index (κ1) is 48.7. The minimum absolute atomic E-state index is 0.198. The molecule has 0 aliphatic carbocycles. The van der Waals surface area contributed by atoms with Gasteiger partial charge in [-0.3, -0.25) is 28.0 Å². The summed E-state index contributed by atoms with van der Waals surface area (Å²) in [6, 6.07) is 2.98. The van der Waals surface area contributed by atoms with E-state index in [4.69, 9.17) is 10.3 Å². The van der Waals surface area contributed by atoms with Gasteiger partial charge in [0.1, 0.15) is 42.4 Å². The second-order valence-electron chi connectivity index (χ2n) is 15.9. The Kier molecular flexibility index (Phi) is 14.5. The number of likely N-dealkylation sites (N-methyl/N-ethyl adjacent to an activating group) is 1. The van der Waals surface area contributed by atoms with E-state index >= 15 is 0 Å². The van der Waals surface area contributed by atoms with E-state index in [1.54, 1.807) is 11.4 Å². The average Bonchev–Trinajstić information content (AvgIpc) is 3.43. The molecule has 2 aromatic rings. The Morgan fingerprint density at radius 1 is 0.803 bits per heavy atom. The van der Waals surface area contributed by atoms with Crippen LogP contribution in [0.3, 0.4) is 0 Å². The van der Waals surface area contributed by atoms with Crippen LogP contribution in [0.1, 0.15) is 56.9 Å². The van der Waals surface area contributed by atoms with Gasteiger partial charge in [0.15, 0.2) is 5.71 Å². The molecule has 61 heavy (non-hydrogen) atoms. The molecule has 0 fully saturated rings. The van der Waals surface area contributed by atoms with Crippen molar-refractivity contribution in [3.05, 3.63) is 88.7 Å². The number of carbonyl (C=O) groups excluding carboxylic acids is 3. The maximum Gasteiger partial charge on any atom is 0.267 e. The van der Waals surface area contributed by atoms with Crippen molar-refractivity contribution in [2.75, 3.05) is 36.3 Å². The van der Waals surface area contributed by atoms with Crippen molar-refractivity contribution in [1.82, 2.24) is 16.0 Å². The van der Waals surface area contributed by atoms with Crippen molar-refractivity contribution in [3.8, 4) is 5.75 Å². The third-order valence-electron chi connectivity index (χ3n) is 10.7. The van der Waals surface area contributed by atoms with Crippen LogP contribution in [0, 0.1) is 0 Å². The summed E-state index contributed by atoms with van der Waals surface area (Å²) in [4.78, 5) is 40.8. The van der Waals surface area contributed by atoms with Crippen molar-refractivity contribution >= 4 is 65.2 Å². The number of phenolic OH excluding ortho intramolecular Hbond substituents is 1. The number of allylic oxidation sites excluding steroid dienone is 6. The lowest BCUT2D eigenvalue weighted by Gasteiger charge is -2.23. The van der Waals surface area contributed by atoms with Crippen molar-refractivity contribution in [2.24, 2.45) is 5.73 Å². The number of nitrogens with two attached hydrogens (primary N) is 1. The van der Waals surface area contributed by atoms with Crippen LogP contribution in [-0.4, -0.2) is 122 Å². The monoisotopic (exact) mass is 909 g/mol. The van der Waals surface area contributed by atoms with Gasteiger partial charge >= 0.3 is 0 Å². The quantitative estimate of drug-likeness (QED) is 0.0623. The van der Waals surface area contributed by atoms with Gasteiger partial charge in [0.05, 0.1) is 11.2 Å². The first-order chi connectivity index (χ1) is 28.0. The summed E-state index contributed by atoms with van der Waals surface area (Å²) >= 11 is 0. The molecule has 0 saturated carbocycles. The van der Waals surface area contributed by atoms with Crippen molar-refractivity contribution in [3.63, 3.8) is 0 Å². The molecule has 0 spiro atoms. The van der Waals surface area contributed by atoms with Crippen LogP contribution in [-0.2, 0) is 68.5 Å². The molecule has 0 radical (unpaired) electrons. The second-order valence-corrected chi connectivity index (χ2v) is 20.4. The predicted molar refractivity (Wildman–Crippen MR) is 229 cm³/mol. The lowest BCUT2D eigenvalue weighted by molar-refractivity contribution is -0.401. The van der Waals surface area contributed by atoms with Gasteiger partial charge in [-0.15, -0.1) is 0 Å². The summed E-state index contributed by atoms with van der Waals surface area (Å²) in [5, 5.41) is 16.7. The molecule has 3 amide bonds. The van der Waals surface area contributed by atoms with Crippen LogP contribution in [0.5, 0.6) is 5.75 Å². The number of anilines is 1. The number of nitrogens with one attached hydrogen (secondary N) is 3. The summed E-state index contributed by atoms with van der Waals surface area (Å²) in [7, 11) is -10.9. The number of hydrogen-bond donors (Lipinski definition) is 8. The summed E-state index contributed by atoms with van der Waals surface area (Å²) in [5.74, 6) is -8.06. The number of fused-ring (bicyclic) bond motifs is 2. The number of carbonyl (C=O) groups is 3. The first-order valence-electron chi connectivity index (χ1n) is 18.9. The van der Waals surface area contributed by atoms with Gasteiger partial charge < -0.3 is 31.7 Å². The van der Waals surface area contributed by atoms with Crippen LogP contribution in [0.2, 0.25) is 0 Å². The molecule has 22 heteroatoms. The van der Waals surface area contributed by atoms with E-state index in [1.165, 1.54) is 0 Å². The molecule has 3 atom stereocenters. The lowest BCUT2D eigenvalue weighted by Crippen LogP contribution is -2.59. The molecule has 3 unspecified atom stereocenters. The molecule has 2 aliphatic rings. The first-order valence-corrected chi connectivity index (χ1v) is 23.7. The molecule has 2 aliphatic heterocycles. The fourth-order valence-corrected chi connectivity index (χ4v) is 9.41. The Morgan fingerprint density at radius 3 is 1.95 bits per heavy atom. The highest BCUT2D eigenvalue weighted by Gasteiger charge is 2.43. The number of rotatable bonds is 17. The molecule has 0 saturated heterocycles. The maximum absolute atomic E-state index is 13.3. The van der Waals surface area contributed by atoms with E-state index < -0.39 is 88.9 Å². The Labute approximate surface area is 355 Å². The van der Waals surface area contributed by atoms with Gasteiger partial charge in [0.2, 0.25) is 23.4 Å². The second kappa shape index (κ2) is 18.2. The van der Waals surface area contributed by atoms with Crippen molar-refractivity contribution in [1.29, 1.82) is 0 Å². The molecule has 4 rings (SSSR count). The van der Waals surface area contributed by atoms with Gasteiger partial charge in [-0.05, 0) is 55.2 Å². The summed E-state index contributed by atoms with van der Waals surface area (Å²) in [6.07, 6.45) is 10.6. The topological polar surface area (TPSA) is 303 Å². The van der Waals surface area contributed by atoms with Gasteiger partial charge in [0.25, 0.3) is 30.4 Å². The van der Waals surface area contributed by atoms with Crippen LogP contribution in [0.15, 0.2) is 66.4 Å². The number of aromatic hydroxyl groups is 1. The molecule has 0 bridgehead atoms. The largest absolute Gasteiger partial charge is 0.508 e. The normalized spacial score (nSPS) is 18.3. The highest BCUT2D eigenvalue weighted by molar-refractivity contribution is 7.86. The van der Waals surface area contributed by atoms with Crippen LogP contribution in [0.25, 0.3) is 0 Å².